The summed E-state index contributed by atoms with van der Waals surface area (Å²) >= 11 is 0. The van der Waals surface area contributed by atoms with Crippen LogP contribution in [0.1, 0.15) is 12.5 Å². The summed E-state index contributed by atoms with van der Waals surface area (Å²) in [6.45, 7) is 1.12. The van der Waals surface area contributed by atoms with E-state index in [0.717, 1.165) is 0 Å². The Labute approximate surface area is 131 Å². The predicted molar refractivity (Wildman–Crippen MR) is 80.7 cm³/mol. The second-order valence-electron chi connectivity index (χ2n) is 5.39. The van der Waals surface area contributed by atoms with Gasteiger partial charge in [0.25, 0.3) is 11.5 Å². The molecule has 5 nitrogen and oxygen atoms in total. The lowest BCUT2D eigenvalue weighted by atomic mass is 10.0. The third kappa shape index (κ3) is 2.42. The first-order chi connectivity index (χ1) is 10.9. The third-order valence-electron chi connectivity index (χ3n) is 3.82. The second kappa shape index (κ2) is 5.39. The largest absolute Gasteiger partial charge is 0.478 e. The van der Waals surface area contributed by atoms with E-state index in [1.807, 2.05) is 0 Å². The quantitative estimate of drug-likeness (QED) is 0.884. The molecule has 1 aliphatic rings. The molecule has 0 saturated carbocycles. The highest BCUT2D eigenvalue weighted by Gasteiger charge is 2.51. The summed E-state index contributed by atoms with van der Waals surface area (Å²) in [5, 5.41) is 9.39. The van der Waals surface area contributed by atoms with E-state index in [1.54, 1.807) is 42.5 Å². The molecule has 23 heavy (non-hydrogen) atoms. The fraction of sp³-hybridized carbons (Fsp3) is 0.176. The van der Waals surface area contributed by atoms with Crippen molar-refractivity contribution in [2.75, 3.05) is 4.90 Å². The van der Waals surface area contributed by atoms with E-state index in [-0.39, 0.29) is 12.3 Å². The monoisotopic (exact) mass is 315 g/mol. The van der Waals surface area contributed by atoms with Crippen LogP contribution >= 0.6 is 0 Å². The van der Waals surface area contributed by atoms with Crippen LogP contribution in [0.5, 0.6) is 5.75 Å². The molecule has 0 fully saturated rings. The number of carboxylic acid groups (broad SMARTS) is 1. The van der Waals surface area contributed by atoms with Crippen molar-refractivity contribution in [2.24, 2.45) is 0 Å². The molecule has 0 saturated heterocycles. The van der Waals surface area contributed by atoms with E-state index in [9.17, 15) is 19.1 Å². The minimum Gasteiger partial charge on any atom is -0.478 e. The van der Waals surface area contributed by atoms with Crippen molar-refractivity contribution in [3.8, 4) is 5.75 Å². The standard InChI is InChI=1S/C17H14FNO4/c1-17(16(21)22)15(20)19(10-11-6-2-3-7-12(11)18)13-8-4-5-9-14(13)23-17/h2-9H,10H2,1H3,(H,21,22)/t17-/m0/s1. The SMILES string of the molecule is C[C@]1(C(=O)O)Oc2ccccc2N(Cc2ccccc2F)C1=O. The summed E-state index contributed by atoms with van der Waals surface area (Å²) in [4.78, 5) is 25.4. The summed E-state index contributed by atoms with van der Waals surface area (Å²) < 4.78 is 19.3. The maximum absolute atomic E-state index is 13.9. The minimum atomic E-state index is -2.04. The summed E-state index contributed by atoms with van der Waals surface area (Å²) in [6, 6.07) is 12.7. The molecule has 0 bridgehead atoms. The number of nitrogens with zero attached hydrogens (tertiary/aromatic N) is 1. The van der Waals surface area contributed by atoms with Crippen LogP contribution in [0.3, 0.4) is 0 Å². The zero-order valence-electron chi connectivity index (χ0n) is 12.3. The Balaban J connectivity index is 2.08. The molecule has 0 spiro atoms. The smallest absolute Gasteiger partial charge is 0.357 e. The summed E-state index contributed by atoms with van der Waals surface area (Å²) in [7, 11) is 0. The van der Waals surface area contributed by atoms with Gasteiger partial charge >= 0.3 is 5.97 Å². The molecule has 0 radical (unpaired) electrons. The molecule has 118 valence electrons. The number of carbonyl (C=O) groups excluding carboxylic acids is 1. The normalized spacial score (nSPS) is 19.9. The third-order valence-corrected chi connectivity index (χ3v) is 3.82. The van der Waals surface area contributed by atoms with E-state index in [0.29, 0.717) is 11.3 Å². The lowest BCUT2D eigenvalue weighted by Crippen LogP contribution is -2.58. The van der Waals surface area contributed by atoms with Gasteiger partial charge in [-0.1, -0.05) is 30.3 Å². The predicted octanol–water partition coefficient (Wildman–Crippen LogP) is 2.59. The number of carbonyl (C=O) groups is 2. The van der Waals surface area contributed by atoms with E-state index >= 15 is 0 Å². The van der Waals surface area contributed by atoms with Gasteiger partial charge in [-0.25, -0.2) is 9.18 Å². The van der Waals surface area contributed by atoms with Crippen LogP contribution in [0.4, 0.5) is 10.1 Å². The highest BCUT2D eigenvalue weighted by atomic mass is 19.1. The van der Waals surface area contributed by atoms with Gasteiger partial charge in [-0.3, -0.25) is 4.79 Å². The maximum atomic E-state index is 13.9. The van der Waals surface area contributed by atoms with E-state index < -0.39 is 23.3 Å². The Morgan fingerprint density at radius 3 is 2.57 bits per heavy atom. The molecular weight excluding hydrogens is 301 g/mol. The summed E-state index contributed by atoms with van der Waals surface area (Å²) in [6.07, 6.45) is 0. The first kappa shape index (κ1) is 15.0. The fourth-order valence-corrected chi connectivity index (χ4v) is 2.49. The number of rotatable bonds is 3. The van der Waals surface area contributed by atoms with Gasteiger partial charge in [0.15, 0.2) is 0 Å². The lowest BCUT2D eigenvalue weighted by Gasteiger charge is -2.38. The summed E-state index contributed by atoms with van der Waals surface area (Å²) in [5.41, 5.74) is -1.33. The van der Waals surface area contributed by atoms with Crippen LogP contribution in [-0.2, 0) is 16.1 Å². The van der Waals surface area contributed by atoms with Crippen LogP contribution in [0, 0.1) is 5.82 Å². The van der Waals surface area contributed by atoms with E-state index in [2.05, 4.69) is 0 Å². The molecule has 1 heterocycles. The van der Waals surface area contributed by atoms with Gasteiger partial charge in [0.05, 0.1) is 12.2 Å². The van der Waals surface area contributed by atoms with Crippen molar-refractivity contribution in [1.29, 1.82) is 0 Å². The first-order valence-electron chi connectivity index (χ1n) is 7.00. The molecule has 1 atom stereocenters. The topological polar surface area (TPSA) is 66.8 Å². The van der Waals surface area contributed by atoms with Crippen molar-refractivity contribution in [3.05, 3.63) is 59.9 Å². The average molecular weight is 315 g/mol. The Morgan fingerprint density at radius 1 is 1.22 bits per heavy atom. The maximum Gasteiger partial charge on any atom is 0.357 e. The molecule has 2 aromatic rings. The molecule has 1 aliphatic heterocycles. The molecule has 0 aliphatic carbocycles. The van der Waals surface area contributed by atoms with Crippen LogP contribution < -0.4 is 9.64 Å². The van der Waals surface area contributed by atoms with Gasteiger partial charge in [0.2, 0.25) is 0 Å². The number of anilines is 1. The van der Waals surface area contributed by atoms with Crippen molar-refractivity contribution >= 4 is 17.6 Å². The Hall–Kier alpha value is -2.89. The first-order valence-corrected chi connectivity index (χ1v) is 7.00. The van der Waals surface area contributed by atoms with E-state index in [1.165, 1.54) is 17.9 Å². The number of benzene rings is 2. The molecular formula is C17H14FNO4. The molecule has 1 N–H and O–H groups in total. The van der Waals surface area contributed by atoms with Crippen molar-refractivity contribution in [1.82, 2.24) is 0 Å². The number of aliphatic carboxylic acids is 1. The molecule has 0 unspecified atom stereocenters. The molecule has 1 amide bonds. The van der Waals surface area contributed by atoms with E-state index in [4.69, 9.17) is 4.74 Å². The highest BCUT2D eigenvalue weighted by molar-refractivity contribution is 6.14. The van der Waals surface area contributed by atoms with Gasteiger partial charge in [0.1, 0.15) is 11.6 Å². The van der Waals surface area contributed by atoms with Crippen LogP contribution in [0.2, 0.25) is 0 Å². The second-order valence-corrected chi connectivity index (χ2v) is 5.39. The van der Waals surface area contributed by atoms with Crippen molar-refractivity contribution in [3.63, 3.8) is 0 Å². The number of carboxylic acids is 1. The number of hydrogen-bond donors (Lipinski definition) is 1. The number of amides is 1. The molecule has 0 aromatic heterocycles. The van der Waals surface area contributed by atoms with Gasteiger partial charge in [0, 0.05) is 5.56 Å². The highest BCUT2D eigenvalue weighted by Crippen LogP contribution is 2.38. The van der Waals surface area contributed by atoms with Gasteiger partial charge in [-0.05, 0) is 25.1 Å². The Bertz CT molecular complexity index is 792. The van der Waals surface area contributed by atoms with Gasteiger partial charge in [-0.15, -0.1) is 0 Å². The zero-order valence-corrected chi connectivity index (χ0v) is 12.3. The average Bonchev–Trinajstić information content (AvgIpc) is 2.53. The fourth-order valence-electron chi connectivity index (χ4n) is 2.49. The minimum absolute atomic E-state index is 0.0747. The number of hydrogen-bond acceptors (Lipinski definition) is 3. The van der Waals surface area contributed by atoms with Crippen LogP contribution in [0.15, 0.2) is 48.5 Å². The van der Waals surface area contributed by atoms with Gasteiger partial charge < -0.3 is 14.7 Å². The molecule has 3 rings (SSSR count). The van der Waals surface area contributed by atoms with Gasteiger partial charge in [-0.2, -0.15) is 0 Å². The molecule has 6 heteroatoms. The summed E-state index contributed by atoms with van der Waals surface area (Å²) in [5.74, 6) is -2.32. The van der Waals surface area contributed by atoms with Crippen LogP contribution in [0.25, 0.3) is 0 Å². The lowest BCUT2D eigenvalue weighted by molar-refractivity contribution is -0.161. The Kier molecular flexibility index (Phi) is 3.52. The van der Waals surface area contributed by atoms with Crippen LogP contribution in [-0.4, -0.2) is 22.6 Å². The zero-order chi connectivity index (χ0) is 16.6. The van der Waals surface area contributed by atoms with Crippen molar-refractivity contribution in [2.45, 2.75) is 19.1 Å². The molecule has 2 aromatic carbocycles. The number of para-hydroxylation sites is 2. The number of halogens is 1. The number of fused-ring (bicyclic) bond motifs is 1. The van der Waals surface area contributed by atoms with Crippen molar-refractivity contribution < 1.29 is 23.8 Å². The number of ether oxygens (including phenoxy) is 1. The Morgan fingerprint density at radius 2 is 1.87 bits per heavy atom.